The van der Waals surface area contributed by atoms with Gasteiger partial charge >= 0.3 is 5.63 Å². The van der Waals surface area contributed by atoms with Gasteiger partial charge in [0, 0.05) is 17.2 Å². The number of nitrogens with one attached hydrogen (secondary N) is 1. The van der Waals surface area contributed by atoms with E-state index < -0.39 is 5.63 Å². The molecular weight excluding hydrogens is 376 g/mol. The minimum absolute atomic E-state index is 0.122. The van der Waals surface area contributed by atoms with Gasteiger partial charge in [-0.3, -0.25) is 4.79 Å². The van der Waals surface area contributed by atoms with Gasteiger partial charge < -0.3 is 9.84 Å². The molecule has 0 spiro atoms. The summed E-state index contributed by atoms with van der Waals surface area (Å²) in [5, 5.41) is 7.37. The Kier molecular flexibility index (Phi) is 5.04. The van der Waals surface area contributed by atoms with Crippen LogP contribution in [0.2, 0.25) is 5.02 Å². The molecule has 28 heavy (non-hydrogen) atoms. The number of benzene rings is 1. The smallest absolute Gasteiger partial charge is 0.349 e. The summed E-state index contributed by atoms with van der Waals surface area (Å²) in [6.45, 7) is 5.57. The number of aryl methyl sites for hydroxylation is 1. The molecule has 2 fully saturated rings. The van der Waals surface area contributed by atoms with Crippen LogP contribution < -0.4 is 10.9 Å². The first kappa shape index (κ1) is 19.2. The summed E-state index contributed by atoms with van der Waals surface area (Å²) in [5.74, 6) is 1.96. The van der Waals surface area contributed by atoms with Gasteiger partial charge in [-0.15, -0.1) is 0 Å². The van der Waals surface area contributed by atoms with Crippen molar-refractivity contribution in [2.45, 2.75) is 52.5 Å². The van der Waals surface area contributed by atoms with Crippen molar-refractivity contribution in [2.24, 2.45) is 17.8 Å². The predicted octanol–water partition coefficient (Wildman–Crippen LogP) is 4.53. The van der Waals surface area contributed by atoms with Crippen LogP contribution in [0.5, 0.6) is 0 Å². The van der Waals surface area contributed by atoms with Crippen LogP contribution in [0.3, 0.4) is 0 Å². The van der Waals surface area contributed by atoms with Crippen molar-refractivity contribution in [1.82, 2.24) is 10.5 Å². The maximum absolute atomic E-state index is 13.0. The van der Waals surface area contributed by atoms with E-state index >= 15 is 0 Å². The second-order valence-corrected chi connectivity index (χ2v) is 8.76. The summed E-state index contributed by atoms with van der Waals surface area (Å²) in [4.78, 5) is 24.8. The van der Waals surface area contributed by atoms with E-state index in [0.29, 0.717) is 33.3 Å². The van der Waals surface area contributed by atoms with Crippen molar-refractivity contribution >= 4 is 17.5 Å². The lowest BCUT2D eigenvalue weighted by molar-refractivity contribution is 0.0915. The Morgan fingerprint density at radius 3 is 2.75 bits per heavy atom. The molecule has 1 N–H and O–H groups in total. The van der Waals surface area contributed by atoms with E-state index in [4.69, 9.17) is 16.1 Å². The van der Waals surface area contributed by atoms with Crippen LogP contribution in [-0.4, -0.2) is 17.1 Å². The zero-order chi connectivity index (χ0) is 20.0. The molecule has 2 saturated carbocycles. The monoisotopic (exact) mass is 400 g/mol. The minimum atomic E-state index is -0.480. The molecule has 5 nitrogen and oxygen atoms in total. The minimum Gasteiger partial charge on any atom is -0.349 e. The van der Waals surface area contributed by atoms with Crippen LogP contribution in [0.4, 0.5) is 0 Å². The Morgan fingerprint density at radius 1 is 1.29 bits per heavy atom. The van der Waals surface area contributed by atoms with Gasteiger partial charge in [0.15, 0.2) is 0 Å². The first-order valence-electron chi connectivity index (χ1n) is 9.93. The largest absolute Gasteiger partial charge is 0.362 e. The highest BCUT2D eigenvalue weighted by molar-refractivity contribution is 6.34. The number of hydrogen-bond acceptors (Lipinski definition) is 4. The van der Waals surface area contributed by atoms with Crippen LogP contribution >= 0.6 is 11.6 Å². The second-order valence-electron chi connectivity index (χ2n) is 8.35. The van der Waals surface area contributed by atoms with Gasteiger partial charge in [-0.1, -0.05) is 29.2 Å². The van der Waals surface area contributed by atoms with Gasteiger partial charge in [0.2, 0.25) is 0 Å². The summed E-state index contributed by atoms with van der Waals surface area (Å²) >= 11 is 6.34. The van der Waals surface area contributed by atoms with Gasteiger partial charge in [-0.2, -0.15) is 0 Å². The van der Waals surface area contributed by atoms with E-state index in [-0.39, 0.29) is 11.9 Å². The Morgan fingerprint density at radius 2 is 2.07 bits per heavy atom. The number of hydrogen-bond donors (Lipinski definition) is 1. The average Bonchev–Trinajstić information content (AvgIpc) is 3.29. The van der Waals surface area contributed by atoms with E-state index in [0.717, 1.165) is 17.4 Å². The van der Waals surface area contributed by atoms with E-state index in [2.05, 4.69) is 17.4 Å². The summed E-state index contributed by atoms with van der Waals surface area (Å²) in [6, 6.07) is 5.36. The summed E-state index contributed by atoms with van der Waals surface area (Å²) < 4.78 is 4.78. The molecule has 0 radical (unpaired) electrons. The lowest BCUT2D eigenvalue weighted by atomic mass is 9.84. The van der Waals surface area contributed by atoms with Gasteiger partial charge in [0.25, 0.3) is 5.91 Å². The van der Waals surface area contributed by atoms with Crippen LogP contribution in [0.25, 0.3) is 11.1 Å². The van der Waals surface area contributed by atoms with E-state index in [1.807, 2.05) is 0 Å². The molecule has 2 aromatic rings. The molecule has 1 amide bonds. The predicted molar refractivity (Wildman–Crippen MR) is 109 cm³/mol. The first-order valence-corrected chi connectivity index (χ1v) is 10.3. The van der Waals surface area contributed by atoms with Crippen molar-refractivity contribution < 1.29 is 9.32 Å². The Hall–Kier alpha value is -2.14. The van der Waals surface area contributed by atoms with Crippen LogP contribution in [0.1, 0.15) is 54.2 Å². The SMILES string of the molecule is Cc1noc(=O)c(C)c1-c1ccc(Cl)c(C(=O)N[C@H](C)[C@@H]2C[C@@H]3CC[C@@H]2C3)c1. The molecule has 6 heteroatoms. The lowest BCUT2D eigenvalue weighted by Gasteiger charge is -2.28. The maximum Gasteiger partial charge on any atom is 0.362 e. The molecular formula is C22H25ClN2O3. The number of amides is 1. The number of nitrogens with zero attached hydrogens (tertiary/aromatic N) is 1. The van der Waals surface area contributed by atoms with Gasteiger partial charge in [-0.05, 0) is 75.5 Å². The van der Waals surface area contributed by atoms with Gasteiger partial charge in [0.05, 0.1) is 16.3 Å². The van der Waals surface area contributed by atoms with Crippen LogP contribution in [-0.2, 0) is 0 Å². The standard InChI is InChI=1S/C22H25ClN2O3/c1-11-20(13(3)25-28-22(11)27)16-6-7-19(23)18(10-16)21(26)24-12(2)17-9-14-4-5-15(17)8-14/h6-7,10,12,14-15,17H,4-5,8-9H2,1-3H3,(H,24,26)/t12-,14-,15-,17+/m1/s1. The third-order valence-electron chi connectivity index (χ3n) is 6.60. The zero-order valence-corrected chi connectivity index (χ0v) is 17.2. The number of halogens is 1. The van der Waals surface area contributed by atoms with Crippen molar-refractivity contribution in [3.05, 3.63) is 50.5 Å². The zero-order valence-electron chi connectivity index (χ0n) is 16.4. The molecule has 148 valence electrons. The number of carbonyl (C=O) groups excluding carboxylic acids is 1. The molecule has 2 bridgehead atoms. The molecule has 0 aliphatic heterocycles. The Labute approximate surface area is 169 Å². The third-order valence-corrected chi connectivity index (χ3v) is 6.93. The summed E-state index contributed by atoms with van der Waals surface area (Å²) in [7, 11) is 0. The molecule has 0 unspecified atom stereocenters. The highest BCUT2D eigenvalue weighted by Crippen LogP contribution is 2.49. The topological polar surface area (TPSA) is 72.2 Å². The van der Waals surface area contributed by atoms with E-state index in [1.54, 1.807) is 32.0 Å². The molecule has 1 aromatic heterocycles. The third kappa shape index (κ3) is 3.37. The normalized spacial score (nSPS) is 24.4. The highest BCUT2D eigenvalue weighted by Gasteiger charge is 2.42. The van der Waals surface area contributed by atoms with Crippen LogP contribution in [0, 0.1) is 31.6 Å². The van der Waals surface area contributed by atoms with Crippen molar-refractivity contribution in [3.63, 3.8) is 0 Å². The highest BCUT2D eigenvalue weighted by atomic mass is 35.5. The first-order chi connectivity index (χ1) is 13.3. The van der Waals surface area contributed by atoms with Crippen molar-refractivity contribution in [3.8, 4) is 11.1 Å². The molecule has 4 atom stereocenters. The number of aromatic nitrogens is 1. The maximum atomic E-state index is 13.0. The Balaban J connectivity index is 1.60. The fraction of sp³-hybridized carbons (Fsp3) is 0.500. The Bertz CT molecular complexity index is 984. The fourth-order valence-electron chi connectivity index (χ4n) is 5.18. The van der Waals surface area contributed by atoms with Gasteiger partial charge in [-0.25, -0.2) is 4.79 Å². The number of fused-ring (bicyclic) bond motifs is 2. The average molecular weight is 401 g/mol. The number of carbonyl (C=O) groups is 1. The quantitative estimate of drug-likeness (QED) is 0.818. The molecule has 4 rings (SSSR count). The fourth-order valence-corrected chi connectivity index (χ4v) is 5.38. The summed E-state index contributed by atoms with van der Waals surface area (Å²) in [6.07, 6.45) is 5.15. The summed E-state index contributed by atoms with van der Waals surface area (Å²) in [5.41, 5.74) is 2.42. The number of rotatable bonds is 4. The van der Waals surface area contributed by atoms with Gasteiger partial charge in [0.1, 0.15) is 0 Å². The molecule has 2 aliphatic rings. The molecule has 0 saturated heterocycles. The van der Waals surface area contributed by atoms with Crippen molar-refractivity contribution in [1.29, 1.82) is 0 Å². The van der Waals surface area contributed by atoms with Crippen molar-refractivity contribution in [2.75, 3.05) is 0 Å². The van der Waals surface area contributed by atoms with Crippen LogP contribution in [0.15, 0.2) is 27.5 Å². The lowest BCUT2D eigenvalue weighted by Crippen LogP contribution is -2.40. The second kappa shape index (κ2) is 7.36. The van der Waals surface area contributed by atoms with E-state index in [1.165, 1.54) is 25.7 Å². The molecule has 2 aliphatic carbocycles. The van der Waals surface area contributed by atoms with E-state index in [9.17, 15) is 9.59 Å². The molecule has 1 heterocycles. The molecule has 1 aromatic carbocycles.